The molecule has 2 heterocycles. The van der Waals surface area contributed by atoms with Gasteiger partial charge < -0.3 is 9.80 Å². The lowest BCUT2D eigenvalue weighted by molar-refractivity contribution is -0.126. The van der Waals surface area contributed by atoms with E-state index in [9.17, 15) is 9.18 Å². The molecule has 1 aliphatic carbocycles. The number of carbonyl (C=O) groups excluding carboxylic acids is 1. The quantitative estimate of drug-likeness (QED) is 0.650. The standard InChI is InChI=1S/C22H20FN3O/c1-25(14-8-4-3-5-9-14)15-12-22(13-15)18-16-10-6-7-11-17(16)24-20(23)19(18)26(2)21(22)27/h3-11,15H,12-13H2,1-2H3. The number of benzene rings is 2. The van der Waals surface area contributed by atoms with Gasteiger partial charge in [0, 0.05) is 36.8 Å². The Kier molecular flexibility index (Phi) is 3.32. The third kappa shape index (κ3) is 2.08. The smallest absolute Gasteiger partial charge is 0.237 e. The van der Waals surface area contributed by atoms with Gasteiger partial charge in [0.25, 0.3) is 0 Å². The third-order valence-electron chi connectivity index (χ3n) is 6.23. The molecule has 5 heteroatoms. The summed E-state index contributed by atoms with van der Waals surface area (Å²) in [5, 5.41) is 0.882. The van der Waals surface area contributed by atoms with E-state index < -0.39 is 11.4 Å². The molecule has 0 saturated heterocycles. The molecule has 2 aliphatic rings. The predicted octanol–water partition coefficient (Wildman–Crippen LogP) is 3.89. The second kappa shape index (κ2) is 5.52. The Hall–Kier alpha value is -2.95. The van der Waals surface area contributed by atoms with Crippen molar-refractivity contribution in [1.82, 2.24) is 4.98 Å². The molecule has 3 aromatic rings. The zero-order valence-corrected chi connectivity index (χ0v) is 15.3. The van der Waals surface area contributed by atoms with Crippen molar-refractivity contribution < 1.29 is 9.18 Å². The number of nitrogens with zero attached hydrogens (tertiary/aromatic N) is 3. The number of amides is 1. The summed E-state index contributed by atoms with van der Waals surface area (Å²) in [6.45, 7) is 0. The van der Waals surface area contributed by atoms with E-state index in [4.69, 9.17) is 0 Å². The van der Waals surface area contributed by atoms with Crippen LogP contribution in [0.3, 0.4) is 0 Å². The molecule has 5 rings (SSSR count). The topological polar surface area (TPSA) is 36.4 Å². The van der Waals surface area contributed by atoms with Crippen LogP contribution in [-0.2, 0) is 10.2 Å². The van der Waals surface area contributed by atoms with Crippen molar-refractivity contribution in [2.45, 2.75) is 24.3 Å². The minimum atomic E-state index is -0.652. The highest BCUT2D eigenvalue weighted by atomic mass is 19.1. The summed E-state index contributed by atoms with van der Waals surface area (Å²) in [6, 6.07) is 17.9. The Labute approximate surface area is 157 Å². The first kappa shape index (κ1) is 16.2. The molecule has 1 aliphatic heterocycles. The first-order valence-corrected chi connectivity index (χ1v) is 9.18. The van der Waals surface area contributed by atoms with Crippen LogP contribution in [0.5, 0.6) is 0 Å². The van der Waals surface area contributed by atoms with Crippen LogP contribution in [0.25, 0.3) is 10.9 Å². The molecular weight excluding hydrogens is 341 g/mol. The zero-order chi connectivity index (χ0) is 18.8. The molecule has 136 valence electrons. The zero-order valence-electron chi connectivity index (χ0n) is 15.3. The molecule has 0 atom stereocenters. The van der Waals surface area contributed by atoms with Crippen molar-refractivity contribution in [3.8, 4) is 0 Å². The molecule has 27 heavy (non-hydrogen) atoms. The lowest BCUT2D eigenvalue weighted by Gasteiger charge is -2.48. The van der Waals surface area contributed by atoms with Gasteiger partial charge in [-0.25, -0.2) is 4.98 Å². The van der Waals surface area contributed by atoms with E-state index in [-0.39, 0.29) is 11.9 Å². The molecule has 1 spiro atoms. The molecule has 0 N–H and O–H groups in total. The van der Waals surface area contributed by atoms with Gasteiger partial charge in [0.05, 0.1) is 10.9 Å². The van der Waals surface area contributed by atoms with Gasteiger partial charge in [-0.3, -0.25) is 4.79 Å². The van der Waals surface area contributed by atoms with Crippen LogP contribution in [0.2, 0.25) is 0 Å². The summed E-state index contributed by atoms with van der Waals surface area (Å²) in [7, 11) is 3.71. The maximum atomic E-state index is 14.8. The van der Waals surface area contributed by atoms with Crippen LogP contribution in [-0.4, -0.2) is 31.0 Å². The summed E-state index contributed by atoms with van der Waals surface area (Å²) in [6.07, 6.45) is 1.37. The minimum absolute atomic E-state index is 0.0211. The van der Waals surface area contributed by atoms with E-state index in [2.05, 4.69) is 29.1 Å². The number of rotatable bonds is 2. The fourth-order valence-electron chi connectivity index (χ4n) is 4.76. The molecule has 1 aromatic heterocycles. The maximum absolute atomic E-state index is 14.8. The van der Waals surface area contributed by atoms with Crippen LogP contribution in [0.4, 0.5) is 15.8 Å². The van der Waals surface area contributed by atoms with Crippen LogP contribution in [0.1, 0.15) is 18.4 Å². The van der Waals surface area contributed by atoms with Gasteiger partial charge in [0.15, 0.2) is 0 Å². The van der Waals surface area contributed by atoms with Crippen molar-refractivity contribution >= 4 is 28.2 Å². The fourth-order valence-corrected chi connectivity index (χ4v) is 4.76. The molecule has 0 unspecified atom stereocenters. The highest BCUT2D eigenvalue weighted by molar-refractivity contribution is 6.13. The summed E-state index contributed by atoms with van der Waals surface area (Å²) in [5.41, 5.74) is 2.25. The number of anilines is 2. The van der Waals surface area contributed by atoms with Gasteiger partial charge in [0.2, 0.25) is 11.9 Å². The largest absolute Gasteiger partial charge is 0.372 e. The normalized spacial score (nSPS) is 23.6. The van der Waals surface area contributed by atoms with E-state index in [0.29, 0.717) is 24.0 Å². The van der Waals surface area contributed by atoms with Gasteiger partial charge in [-0.1, -0.05) is 36.4 Å². The average Bonchev–Trinajstić information content (AvgIpc) is 2.90. The van der Waals surface area contributed by atoms with Gasteiger partial charge in [-0.05, 0) is 31.0 Å². The molecule has 0 radical (unpaired) electrons. The minimum Gasteiger partial charge on any atom is -0.372 e. The van der Waals surface area contributed by atoms with E-state index >= 15 is 0 Å². The number of carbonyl (C=O) groups is 1. The highest BCUT2D eigenvalue weighted by Crippen LogP contribution is 2.56. The van der Waals surface area contributed by atoms with E-state index in [1.807, 2.05) is 36.4 Å². The van der Waals surface area contributed by atoms with E-state index in [1.54, 1.807) is 13.1 Å². The molecule has 1 fully saturated rings. The fraction of sp³-hybridized carbons (Fsp3) is 0.273. The average molecular weight is 361 g/mol. The van der Waals surface area contributed by atoms with Gasteiger partial charge in [-0.15, -0.1) is 0 Å². The maximum Gasteiger partial charge on any atom is 0.237 e. The van der Waals surface area contributed by atoms with Crippen molar-refractivity contribution in [2.24, 2.45) is 0 Å². The monoisotopic (exact) mass is 361 g/mol. The number of hydrogen-bond donors (Lipinski definition) is 0. The Morgan fingerprint density at radius 3 is 2.52 bits per heavy atom. The number of pyridine rings is 1. The Balaban J connectivity index is 1.59. The molecule has 4 nitrogen and oxygen atoms in total. The molecular formula is C22H20FN3O. The summed E-state index contributed by atoms with van der Waals surface area (Å²) >= 11 is 0. The van der Waals surface area contributed by atoms with Gasteiger partial charge >= 0.3 is 0 Å². The summed E-state index contributed by atoms with van der Waals surface area (Å²) in [5.74, 6) is -0.580. The molecule has 1 amide bonds. The van der Waals surface area contributed by atoms with Crippen LogP contribution in [0, 0.1) is 5.95 Å². The lowest BCUT2D eigenvalue weighted by atomic mass is 9.61. The Morgan fingerprint density at radius 2 is 1.78 bits per heavy atom. The van der Waals surface area contributed by atoms with Crippen molar-refractivity contribution in [3.63, 3.8) is 0 Å². The number of fused-ring (bicyclic) bond motifs is 4. The summed E-state index contributed by atoms with van der Waals surface area (Å²) in [4.78, 5) is 20.9. The first-order chi connectivity index (χ1) is 13.0. The predicted molar refractivity (Wildman–Crippen MR) is 105 cm³/mol. The number of halogens is 1. The number of hydrogen-bond acceptors (Lipinski definition) is 3. The second-order valence-electron chi connectivity index (χ2n) is 7.60. The van der Waals surface area contributed by atoms with Crippen molar-refractivity contribution in [2.75, 3.05) is 23.9 Å². The van der Waals surface area contributed by atoms with Crippen LogP contribution in [0.15, 0.2) is 54.6 Å². The Bertz CT molecular complexity index is 1060. The van der Waals surface area contributed by atoms with Crippen LogP contribution >= 0.6 is 0 Å². The van der Waals surface area contributed by atoms with Crippen molar-refractivity contribution in [3.05, 3.63) is 66.1 Å². The lowest BCUT2D eigenvalue weighted by Crippen LogP contribution is -2.56. The van der Waals surface area contributed by atoms with Crippen LogP contribution < -0.4 is 9.80 Å². The number of aromatic nitrogens is 1. The molecule has 0 bridgehead atoms. The molecule has 1 saturated carbocycles. The van der Waals surface area contributed by atoms with Crippen molar-refractivity contribution in [1.29, 1.82) is 0 Å². The Morgan fingerprint density at radius 1 is 1.11 bits per heavy atom. The van der Waals surface area contributed by atoms with E-state index in [0.717, 1.165) is 16.6 Å². The highest BCUT2D eigenvalue weighted by Gasteiger charge is 2.60. The SMILES string of the molecule is CN1C(=O)C2(CC(N(C)c3ccccc3)C2)c2c1c(F)nc1ccccc21. The van der Waals surface area contributed by atoms with Gasteiger partial charge in [-0.2, -0.15) is 4.39 Å². The number of likely N-dealkylation sites (N-methyl/N-ethyl adjacent to an activating group) is 1. The van der Waals surface area contributed by atoms with Gasteiger partial charge in [0.1, 0.15) is 5.69 Å². The summed E-state index contributed by atoms with van der Waals surface area (Å²) < 4.78 is 14.8. The second-order valence-corrected chi connectivity index (χ2v) is 7.60. The molecule has 2 aromatic carbocycles. The third-order valence-corrected chi connectivity index (χ3v) is 6.23. The first-order valence-electron chi connectivity index (χ1n) is 9.18. The number of para-hydroxylation sites is 2. The van der Waals surface area contributed by atoms with E-state index in [1.165, 1.54) is 4.90 Å².